The summed E-state index contributed by atoms with van der Waals surface area (Å²) >= 11 is 0. The number of nitrogens with zero attached hydrogens (tertiary/aromatic N) is 1. The number of hydrogen-bond acceptors (Lipinski definition) is 6. The lowest BCUT2D eigenvalue weighted by Gasteiger charge is -2.13. The second-order valence-electron chi connectivity index (χ2n) is 5.07. The Bertz CT molecular complexity index is 777. The van der Waals surface area contributed by atoms with Gasteiger partial charge in [0.15, 0.2) is 11.5 Å². The molecule has 7 nitrogen and oxygen atoms in total. The maximum absolute atomic E-state index is 12.4. The molecule has 0 bridgehead atoms. The van der Waals surface area contributed by atoms with E-state index in [1.54, 1.807) is 31.2 Å². The van der Waals surface area contributed by atoms with Gasteiger partial charge in [-0.1, -0.05) is 12.1 Å². The van der Waals surface area contributed by atoms with Gasteiger partial charge in [0.25, 0.3) is 5.91 Å². The lowest BCUT2D eigenvalue weighted by atomic mass is 10.1. The lowest BCUT2D eigenvalue weighted by Crippen LogP contribution is -2.19. The van der Waals surface area contributed by atoms with Crippen molar-refractivity contribution in [3.63, 3.8) is 0 Å². The first-order valence-electron chi connectivity index (χ1n) is 7.44. The molecule has 0 radical (unpaired) electrons. The van der Waals surface area contributed by atoms with Crippen LogP contribution < -0.4 is 19.6 Å². The summed E-state index contributed by atoms with van der Waals surface area (Å²) in [5.74, 6) is 0.775. The van der Waals surface area contributed by atoms with Crippen LogP contribution in [0.3, 0.4) is 0 Å². The van der Waals surface area contributed by atoms with Gasteiger partial charge in [-0.25, -0.2) is 5.43 Å². The first kappa shape index (κ1) is 18.1. The second kappa shape index (κ2) is 8.05. The van der Waals surface area contributed by atoms with E-state index in [1.807, 2.05) is 0 Å². The minimum atomic E-state index is -0.450. The Morgan fingerprint density at radius 3 is 2.16 bits per heavy atom. The molecule has 7 heteroatoms. The summed E-state index contributed by atoms with van der Waals surface area (Å²) in [4.78, 5) is 12.4. The Kier molecular flexibility index (Phi) is 5.84. The largest absolute Gasteiger partial charge is 0.507 e. The van der Waals surface area contributed by atoms with Gasteiger partial charge in [0.05, 0.1) is 27.0 Å². The summed E-state index contributed by atoms with van der Waals surface area (Å²) in [6, 6.07) is 9.80. The highest BCUT2D eigenvalue weighted by molar-refractivity contribution is 6.02. The lowest BCUT2D eigenvalue weighted by molar-refractivity contribution is 0.0954. The van der Waals surface area contributed by atoms with E-state index >= 15 is 0 Å². The zero-order valence-corrected chi connectivity index (χ0v) is 14.5. The van der Waals surface area contributed by atoms with Crippen LogP contribution in [-0.4, -0.2) is 38.1 Å². The number of methoxy groups -OCH3 is 3. The molecule has 0 fully saturated rings. The van der Waals surface area contributed by atoms with Crippen molar-refractivity contribution in [2.24, 2.45) is 5.10 Å². The third kappa shape index (κ3) is 4.00. The van der Waals surface area contributed by atoms with Crippen LogP contribution in [0.1, 0.15) is 22.8 Å². The average Bonchev–Trinajstić information content (AvgIpc) is 2.64. The number of rotatable bonds is 6. The number of para-hydroxylation sites is 1. The van der Waals surface area contributed by atoms with Crippen molar-refractivity contribution >= 4 is 11.6 Å². The van der Waals surface area contributed by atoms with Crippen molar-refractivity contribution in [3.8, 4) is 23.0 Å². The molecule has 2 rings (SSSR count). The summed E-state index contributed by atoms with van der Waals surface area (Å²) in [7, 11) is 4.43. The normalized spacial score (nSPS) is 11.0. The van der Waals surface area contributed by atoms with E-state index in [-0.39, 0.29) is 5.75 Å². The van der Waals surface area contributed by atoms with Gasteiger partial charge in [0.2, 0.25) is 5.75 Å². The molecule has 0 aliphatic heterocycles. The van der Waals surface area contributed by atoms with Crippen molar-refractivity contribution in [3.05, 3.63) is 47.5 Å². The molecule has 0 aromatic heterocycles. The summed E-state index contributed by atoms with van der Waals surface area (Å²) in [6.45, 7) is 1.69. The molecule has 0 spiro atoms. The molecule has 1 amide bonds. The van der Waals surface area contributed by atoms with Crippen molar-refractivity contribution < 1.29 is 24.1 Å². The van der Waals surface area contributed by atoms with Crippen LogP contribution in [0.25, 0.3) is 0 Å². The number of ether oxygens (including phenoxy) is 3. The number of nitrogens with one attached hydrogen (secondary N) is 1. The van der Waals surface area contributed by atoms with Crippen molar-refractivity contribution in [2.75, 3.05) is 21.3 Å². The van der Waals surface area contributed by atoms with E-state index in [0.717, 1.165) is 0 Å². The van der Waals surface area contributed by atoms with E-state index in [0.29, 0.717) is 34.1 Å². The zero-order valence-electron chi connectivity index (χ0n) is 14.5. The number of carbonyl (C=O) groups excluding carboxylic acids is 1. The molecule has 2 aromatic carbocycles. The van der Waals surface area contributed by atoms with Crippen LogP contribution in [0.2, 0.25) is 0 Å². The molecule has 0 unspecified atom stereocenters. The fourth-order valence-electron chi connectivity index (χ4n) is 2.25. The predicted octanol–water partition coefficient (Wildman–Crippen LogP) is 2.57. The van der Waals surface area contributed by atoms with E-state index in [4.69, 9.17) is 14.2 Å². The fraction of sp³-hybridized carbons (Fsp3) is 0.222. The number of aromatic hydroxyl groups is 1. The third-order valence-electron chi connectivity index (χ3n) is 3.55. The number of carbonyl (C=O) groups is 1. The molecular weight excluding hydrogens is 324 g/mol. The molecule has 2 N–H and O–H groups in total. The van der Waals surface area contributed by atoms with Crippen LogP contribution in [-0.2, 0) is 0 Å². The van der Waals surface area contributed by atoms with Gasteiger partial charge in [-0.2, -0.15) is 5.10 Å². The standard InChI is InChI=1S/C18H20N2O5/c1-11(13-7-5-6-8-14(13)21)19-20-18(22)12-9-15(23-2)17(25-4)16(10-12)24-3/h5-10,21H,1-4H3,(H,20,22). The van der Waals surface area contributed by atoms with Gasteiger partial charge >= 0.3 is 0 Å². The van der Waals surface area contributed by atoms with E-state index in [1.165, 1.54) is 33.5 Å². The highest BCUT2D eigenvalue weighted by atomic mass is 16.5. The summed E-state index contributed by atoms with van der Waals surface area (Å²) in [6.07, 6.45) is 0. The van der Waals surface area contributed by atoms with Crippen LogP contribution in [0.5, 0.6) is 23.0 Å². The maximum atomic E-state index is 12.4. The van der Waals surface area contributed by atoms with Gasteiger partial charge in [-0.05, 0) is 31.2 Å². The first-order chi connectivity index (χ1) is 12.0. The Morgan fingerprint density at radius 1 is 1.04 bits per heavy atom. The Labute approximate surface area is 145 Å². The number of phenols is 1. The molecule has 0 aliphatic carbocycles. The molecule has 2 aromatic rings. The van der Waals surface area contributed by atoms with Crippen LogP contribution in [0.4, 0.5) is 0 Å². The van der Waals surface area contributed by atoms with E-state index < -0.39 is 5.91 Å². The molecule has 132 valence electrons. The quantitative estimate of drug-likeness (QED) is 0.621. The monoisotopic (exact) mass is 344 g/mol. The number of phenolic OH excluding ortho intramolecular Hbond substituents is 1. The SMILES string of the molecule is COc1cc(C(=O)NN=C(C)c2ccccc2O)cc(OC)c1OC. The van der Waals surface area contributed by atoms with Crippen molar-refractivity contribution in [1.82, 2.24) is 5.43 Å². The van der Waals surface area contributed by atoms with Gasteiger partial charge in [-0.15, -0.1) is 0 Å². The molecule has 0 saturated carbocycles. The highest BCUT2D eigenvalue weighted by Gasteiger charge is 2.17. The van der Waals surface area contributed by atoms with Crippen LogP contribution >= 0.6 is 0 Å². The first-order valence-corrected chi connectivity index (χ1v) is 7.44. The molecule has 0 atom stereocenters. The van der Waals surface area contributed by atoms with Crippen LogP contribution in [0.15, 0.2) is 41.5 Å². The summed E-state index contributed by atoms with van der Waals surface area (Å²) in [5, 5.41) is 13.8. The average molecular weight is 344 g/mol. The van der Waals surface area contributed by atoms with Crippen molar-refractivity contribution in [1.29, 1.82) is 0 Å². The molecule has 0 saturated heterocycles. The van der Waals surface area contributed by atoms with E-state index in [9.17, 15) is 9.90 Å². The maximum Gasteiger partial charge on any atom is 0.271 e. The number of benzene rings is 2. The zero-order chi connectivity index (χ0) is 18.4. The van der Waals surface area contributed by atoms with Gasteiger partial charge in [0, 0.05) is 11.1 Å². The Hall–Kier alpha value is -3.22. The fourth-order valence-corrected chi connectivity index (χ4v) is 2.25. The van der Waals surface area contributed by atoms with Gasteiger partial charge < -0.3 is 19.3 Å². The highest BCUT2D eigenvalue weighted by Crippen LogP contribution is 2.38. The number of hydrazone groups is 1. The van der Waals surface area contributed by atoms with E-state index in [2.05, 4.69) is 10.5 Å². The second-order valence-corrected chi connectivity index (χ2v) is 5.07. The summed E-state index contributed by atoms with van der Waals surface area (Å²) < 4.78 is 15.7. The van der Waals surface area contributed by atoms with Gasteiger partial charge in [0.1, 0.15) is 5.75 Å². The smallest absolute Gasteiger partial charge is 0.271 e. The predicted molar refractivity (Wildman–Crippen MR) is 93.9 cm³/mol. The Morgan fingerprint density at radius 2 is 1.64 bits per heavy atom. The molecular formula is C18H20N2O5. The van der Waals surface area contributed by atoms with Crippen molar-refractivity contribution in [2.45, 2.75) is 6.92 Å². The molecule has 0 heterocycles. The molecule has 25 heavy (non-hydrogen) atoms. The minimum absolute atomic E-state index is 0.0887. The van der Waals surface area contributed by atoms with Crippen LogP contribution in [0, 0.1) is 0 Å². The third-order valence-corrected chi connectivity index (χ3v) is 3.55. The molecule has 0 aliphatic rings. The number of amides is 1. The Balaban J connectivity index is 2.26. The minimum Gasteiger partial charge on any atom is -0.507 e. The summed E-state index contributed by atoms with van der Waals surface area (Å²) in [5.41, 5.74) is 3.75. The number of hydrogen-bond donors (Lipinski definition) is 2. The van der Waals surface area contributed by atoms with Gasteiger partial charge in [-0.3, -0.25) is 4.79 Å². The topological polar surface area (TPSA) is 89.4 Å².